The average Bonchev–Trinajstić information content (AvgIpc) is 2.93. The lowest BCUT2D eigenvalue weighted by atomic mass is 10.0. The number of nitrogens with one attached hydrogen (secondary N) is 2. The van der Waals surface area contributed by atoms with E-state index in [-0.39, 0.29) is 18.2 Å². The van der Waals surface area contributed by atoms with E-state index < -0.39 is 5.92 Å². The number of nitrogens with zero attached hydrogens (tertiary/aromatic N) is 3. The zero-order chi connectivity index (χ0) is 18.0. The minimum absolute atomic E-state index is 0.0184. The van der Waals surface area contributed by atoms with Crippen LogP contribution < -0.4 is 20.1 Å². The lowest BCUT2D eigenvalue weighted by molar-refractivity contribution is -0.126. The molecule has 9 nitrogen and oxygen atoms in total. The van der Waals surface area contributed by atoms with Crippen LogP contribution >= 0.6 is 0 Å². The highest BCUT2D eigenvalue weighted by atomic mass is 16.5. The summed E-state index contributed by atoms with van der Waals surface area (Å²) in [4.78, 5) is 28.7. The molecule has 0 fully saturated rings. The van der Waals surface area contributed by atoms with Gasteiger partial charge in [0.1, 0.15) is 17.3 Å². The monoisotopic (exact) mass is 345 g/mol. The van der Waals surface area contributed by atoms with Gasteiger partial charge in [0.05, 0.1) is 32.4 Å². The maximum atomic E-state index is 12.4. The van der Waals surface area contributed by atoms with Crippen molar-refractivity contribution in [1.29, 1.82) is 0 Å². The number of aryl methyl sites for hydroxylation is 1. The summed E-state index contributed by atoms with van der Waals surface area (Å²) in [5, 5.41) is 9.63. The smallest absolute Gasteiger partial charge is 0.232 e. The van der Waals surface area contributed by atoms with Gasteiger partial charge in [-0.15, -0.1) is 0 Å². The SMILES string of the molecule is COc1ccc(OC)c(NC(=O)CC2Cn3nc(C)nc3NC2=O)c1. The minimum Gasteiger partial charge on any atom is -0.497 e. The summed E-state index contributed by atoms with van der Waals surface area (Å²) < 4.78 is 12.0. The summed E-state index contributed by atoms with van der Waals surface area (Å²) >= 11 is 0. The van der Waals surface area contributed by atoms with Crippen LogP contribution in [-0.4, -0.2) is 40.8 Å². The second-order valence-corrected chi connectivity index (χ2v) is 5.67. The Bertz CT molecular complexity index is 817. The number of benzene rings is 1. The molecule has 25 heavy (non-hydrogen) atoms. The fourth-order valence-electron chi connectivity index (χ4n) is 2.67. The molecule has 1 atom stereocenters. The topological polar surface area (TPSA) is 107 Å². The van der Waals surface area contributed by atoms with Crippen LogP contribution in [0.3, 0.4) is 0 Å². The minimum atomic E-state index is -0.523. The Hall–Kier alpha value is -3.10. The van der Waals surface area contributed by atoms with E-state index >= 15 is 0 Å². The van der Waals surface area contributed by atoms with Gasteiger partial charge in [-0.2, -0.15) is 10.1 Å². The number of carbonyl (C=O) groups excluding carboxylic acids is 2. The van der Waals surface area contributed by atoms with Gasteiger partial charge in [-0.05, 0) is 19.1 Å². The second kappa shape index (κ2) is 6.80. The normalized spacial score (nSPS) is 16.0. The summed E-state index contributed by atoms with van der Waals surface area (Å²) in [6.45, 7) is 2.05. The third-order valence-electron chi connectivity index (χ3n) is 3.89. The van der Waals surface area contributed by atoms with Gasteiger partial charge < -0.3 is 14.8 Å². The van der Waals surface area contributed by atoms with Crippen LogP contribution in [0.25, 0.3) is 0 Å². The van der Waals surface area contributed by atoms with Crippen molar-refractivity contribution < 1.29 is 19.1 Å². The molecule has 0 radical (unpaired) electrons. The first-order valence-electron chi connectivity index (χ1n) is 7.74. The molecule has 1 aromatic heterocycles. The van der Waals surface area contributed by atoms with Gasteiger partial charge in [0.2, 0.25) is 17.8 Å². The molecule has 0 bridgehead atoms. The van der Waals surface area contributed by atoms with Gasteiger partial charge in [0.25, 0.3) is 0 Å². The highest BCUT2D eigenvalue weighted by molar-refractivity contribution is 5.98. The van der Waals surface area contributed by atoms with E-state index in [9.17, 15) is 9.59 Å². The van der Waals surface area contributed by atoms with Crippen LogP contribution in [-0.2, 0) is 16.1 Å². The van der Waals surface area contributed by atoms with Gasteiger partial charge in [-0.25, -0.2) is 4.68 Å². The van der Waals surface area contributed by atoms with E-state index in [1.807, 2.05) is 0 Å². The first-order chi connectivity index (χ1) is 12.0. The highest BCUT2D eigenvalue weighted by Gasteiger charge is 2.30. The Balaban J connectivity index is 1.70. The van der Waals surface area contributed by atoms with E-state index in [1.54, 1.807) is 29.8 Å². The van der Waals surface area contributed by atoms with Gasteiger partial charge in [-0.1, -0.05) is 0 Å². The van der Waals surface area contributed by atoms with Gasteiger partial charge >= 0.3 is 0 Å². The second-order valence-electron chi connectivity index (χ2n) is 5.67. The summed E-state index contributed by atoms with van der Waals surface area (Å²) in [6.07, 6.45) is 0.0184. The Kier molecular flexibility index (Phi) is 4.55. The zero-order valence-corrected chi connectivity index (χ0v) is 14.2. The predicted molar refractivity (Wildman–Crippen MR) is 89.7 cm³/mol. The Labute approximate surface area is 144 Å². The summed E-state index contributed by atoms with van der Waals surface area (Å²) in [5.41, 5.74) is 0.486. The van der Waals surface area contributed by atoms with Crippen molar-refractivity contribution in [2.75, 3.05) is 24.9 Å². The van der Waals surface area contributed by atoms with E-state index in [0.29, 0.717) is 35.5 Å². The number of ether oxygens (including phenoxy) is 2. The number of hydrogen-bond acceptors (Lipinski definition) is 6. The van der Waals surface area contributed by atoms with Gasteiger partial charge in [0, 0.05) is 12.5 Å². The molecule has 0 spiro atoms. The van der Waals surface area contributed by atoms with Crippen molar-refractivity contribution in [2.24, 2.45) is 5.92 Å². The largest absolute Gasteiger partial charge is 0.497 e. The third kappa shape index (κ3) is 3.54. The van der Waals surface area contributed by atoms with E-state index in [1.165, 1.54) is 14.2 Å². The molecule has 2 heterocycles. The molecule has 1 aromatic carbocycles. The van der Waals surface area contributed by atoms with Crippen LogP contribution in [0.5, 0.6) is 11.5 Å². The molecule has 0 saturated heterocycles. The number of amides is 2. The molecular formula is C16H19N5O4. The standard InChI is InChI=1S/C16H19N5O4/c1-9-17-16-19-15(23)10(8-21(16)20-9)6-14(22)18-12-7-11(24-2)4-5-13(12)25-3/h4-5,7,10H,6,8H2,1-3H3,(H,18,22)(H,17,19,20,23). The molecule has 2 N–H and O–H groups in total. The van der Waals surface area contributed by atoms with Crippen molar-refractivity contribution in [3.05, 3.63) is 24.0 Å². The van der Waals surface area contributed by atoms with Gasteiger partial charge in [-0.3, -0.25) is 14.9 Å². The van der Waals surface area contributed by atoms with Gasteiger partial charge in [0.15, 0.2) is 0 Å². The van der Waals surface area contributed by atoms with Crippen LogP contribution in [0, 0.1) is 12.8 Å². The number of hydrogen-bond donors (Lipinski definition) is 2. The highest BCUT2D eigenvalue weighted by Crippen LogP contribution is 2.29. The molecule has 2 aromatic rings. The maximum Gasteiger partial charge on any atom is 0.232 e. The molecule has 1 unspecified atom stereocenters. The summed E-state index contributed by atoms with van der Waals surface area (Å²) in [5.74, 6) is 1.02. The fraction of sp³-hybridized carbons (Fsp3) is 0.375. The molecule has 132 valence electrons. The number of fused-ring (bicyclic) bond motifs is 1. The first kappa shape index (κ1) is 16.7. The molecule has 0 aliphatic carbocycles. The molecule has 2 amide bonds. The number of carbonyl (C=O) groups is 2. The number of methoxy groups -OCH3 is 2. The molecule has 0 saturated carbocycles. The Morgan fingerprint density at radius 3 is 2.92 bits per heavy atom. The number of aromatic nitrogens is 3. The van der Waals surface area contributed by atoms with Crippen molar-refractivity contribution >= 4 is 23.5 Å². The Morgan fingerprint density at radius 2 is 2.20 bits per heavy atom. The van der Waals surface area contributed by atoms with Crippen LogP contribution in [0.1, 0.15) is 12.2 Å². The van der Waals surface area contributed by atoms with Crippen LogP contribution in [0.4, 0.5) is 11.6 Å². The lowest BCUT2D eigenvalue weighted by Gasteiger charge is -2.22. The van der Waals surface area contributed by atoms with E-state index in [4.69, 9.17) is 9.47 Å². The molecule has 9 heteroatoms. The van der Waals surface area contributed by atoms with E-state index in [2.05, 4.69) is 20.7 Å². The van der Waals surface area contributed by atoms with Crippen molar-refractivity contribution in [2.45, 2.75) is 19.9 Å². The number of anilines is 2. The number of rotatable bonds is 5. The van der Waals surface area contributed by atoms with E-state index in [0.717, 1.165) is 0 Å². The zero-order valence-electron chi connectivity index (χ0n) is 14.2. The lowest BCUT2D eigenvalue weighted by Crippen LogP contribution is -2.36. The fourth-order valence-corrected chi connectivity index (χ4v) is 2.67. The van der Waals surface area contributed by atoms with Crippen molar-refractivity contribution in [1.82, 2.24) is 14.8 Å². The van der Waals surface area contributed by atoms with Crippen LogP contribution in [0.2, 0.25) is 0 Å². The average molecular weight is 345 g/mol. The maximum absolute atomic E-state index is 12.4. The predicted octanol–water partition coefficient (Wildman–Crippen LogP) is 1.20. The molecular weight excluding hydrogens is 326 g/mol. The molecule has 1 aliphatic heterocycles. The molecule has 1 aliphatic rings. The summed E-state index contributed by atoms with van der Waals surface area (Å²) in [7, 11) is 3.05. The summed E-state index contributed by atoms with van der Waals surface area (Å²) in [6, 6.07) is 5.10. The quantitative estimate of drug-likeness (QED) is 0.843. The Morgan fingerprint density at radius 1 is 1.40 bits per heavy atom. The third-order valence-corrected chi connectivity index (χ3v) is 3.89. The van der Waals surface area contributed by atoms with Crippen molar-refractivity contribution in [3.8, 4) is 11.5 Å². The van der Waals surface area contributed by atoms with Crippen molar-refractivity contribution in [3.63, 3.8) is 0 Å². The molecule has 3 rings (SSSR count). The first-order valence-corrected chi connectivity index (χ1v) is 7.74. The van der Waals surface area contributed by atoms with Crippen LogP contribution in [0.15, 0.2) is 18.2 Å².